The molecule has 5 N–H and O–H groups in total. The minimum absolute atomic E-state index is 0.385. The molecule has 11 heteroatoms. The van der Waals surface area contributed by atoms with Crippen LogP contribution in [0.5, 0.6) is 5.75 Å². The van der Waals surface area contributed by atoms with Gasteiger partial charge >= 0.3 is 0 Å². The summed E-state index contributed by atoms with van der Waals surface area (Å²) in [5, 5.41) is 37.5. The first-order valence-corrected chi connectivity index (χ1v) is 12.7. The highest BCUT2D eigenvalue weighted by Gasteiger charge is 2.46. The summed E-state index contributed by atoms with van der Waals surface area (Å²) in [6.45, 7) is 0.753. The van der Waals surface area contributed by atoms with Gasteiger partial charge in [0.05, 0.1) is 12.1 Å². The number of carbonyl (C=O) groups is 1. The molecule has 1 aliphatic heterocycles. The van der Waals surface area contributed by atoms with E-state index in [9.17, 15) is 20.1 Å². The largest absolute Gasteiger partial charge is 0.463 e. The Labute approximate surface area is 229 Å². The maximum Gasteiger partial charge on any atom is 0.223 e. The van der Waals surface area contributed by atoms with Crippen LogP contribution >= 0.6 is 11.6 Å². The van der Waals surface area contributed by atoms with Crippen LogP contribution in [0.4, 0.5) is 11.5 Å². The first kappa shape index (κ1) is 26.8. The van der Waals surface area contributed by atoms with Gasteiger partial charge in [0, 0.05) is 28.6 Å². The first-order valence-electron chi connectivity index (χ1n) is 12.3. The molecule has 0 saturated carbocycles. The van der Waals surface area contributed by atoms with E-state index in [1.807, 2.05) is 36.4 Å². The number of anilines is 2. The Morgan fingerprint density at radius 3 is 2.41 bits per heavy atom. The van der Waals surface area contributed by atoms with Crippen LogP contribution in [-0.4, -0.2) is 68.4 Å². The summed E-state index contributed by atoms with van der Waals surface area (Å²) in [5.74, 6) is 1.12. The molecule has 5 atom stereocenters. The Bertz CT molecular complexity index is 1450. The molecule has 1 saturated heterocycles. The van der Waals surface area contributed by atoms with Gasteiger partial charge in [-0.3, -0.25) is 4.79 Å². The number of aromatic nitrogens is 2. The molecule has 0 unspecified atom stereocenters. The van der Waals surface area contributed by atoms with Crippen molar-refractivity contribution in [3.8, 4) is 17.1 Å². The molecular formula is C28H27ClN4O6. The second kappa shape index (κ2) is 11.5. The van der Waals surface area contributed by atoms with Crippen molar-refractivity contribution in [3.05, 3.63) is 77.8 Å². The maximum atomic E-state index is 11.7. The van der Waals surface area contributed by atoms with Crippen molar-refractivity contribution in [2.45, 2.75) is 37.6 Å². The minimum atomic E-state index is -1.40. The van der Waals surface area contributed by atoms with Crippen LogP contribution in [0.15, 0.2) is 72.8 Å². The molecule has 1 aromatic heterocycles. The number of aliphatic hydroxyl groups excluding tert-OH is 3. The van der Waals surface area contributed by atoms with Gasteiger partial charge in [0.2, 0.25) is 12.2 Å². The number of amides is 1. The zero-order valence-electron chi connectivity index (χ0n) is 20.9. The van der Waals surface area contributed by atoms with E-state index >= 15 is 0 Å². The summed E-state index contributed by atoms with van der Waals surface area (Å²) < 4.78 is 11.5. The lowest BCUT2D eigenvalue weighted by molar-refractivity contribution is -0.244. The molecule has 0 bridgehead atoms. The van der Waals surface area contributed by atoms with Crippen LogP contribution in [0.25, 0.3) is 22.3 Å². The Kier molecular flexibility index (Phi) is 7.92. The number of hydrogen-bond acceptors (Lipinski definition) is 9. The number of hydrogen-bond donors (Lipinski definition) is 5. The average Bonchev–Trinajstić information content (AvgIpc) is 2.94. The summed E-state index contributed by atoms with van der Waals surface area (Å²) in [6.07, 6.45) is -5.00. The van der Waals surface area contributed by atoms with Crippen molar-refractivity contribution in [1.82, 2.24) is 15.3 Å². The van der Waals surface area contributed by atoms with Crippen molar-refractivity contribution >= 4 is 39.9 Å². The highest BCUT2D eigenvalue weighted by molar-refractivity contribution is 6.30. The zero-order chi connectivity index (χ0) is 27.5. The fourth-order valence-electron chi connectivity index (χ4n) is 4.36. The van der Waals surface area contributed by atoms with Crippen molar-refractivity contribution in [2.24, 2.45) is 0 Å². The SMILES string of the molecule is CC(=O)N[C@H]1[C@H](Oc2ccc(Nc3nc(-c4ccc(Cl)cc4)nc4ccccc34)cc2)O[C@H](CO)[C@@H](O)[C@H]1O. The predicted molar refractivity (Wildman–Crippen MR) is 146 cm³/mol. The molecule has 4 aromatic rings. The lowest BCUT2D eigenvalue weighted by atomic mass is 9.97. The van der Waals surface area contributed by atoms with E-state index in [-0.39, 0.29) is 0 Å². The highest BCUT2D eigenvalue weighted by Crippen LogP contribution is 2.30. The predicted octanol–water partition coefficient (Wildman–Crippen LogP) is 3.02. The Balaban J connectivity index is 1.38. The van der Waals surface area contributed by atoms with E-state index < -0.39 is 43.2 Å². The molecule has 3 aromatic carbocycles. The number of para-hydroxylation sites is 1. The Hall–Kier alpha value is -3.80. The molecule has 0 aliphatic carbocycles. The fraction of sp³-hybridized carbons (Fsp3) is 0.250. The second-order valence-corrected chi connectivity index (χ2v) is 9.56. The Morgan fingerprint density at radius 2 is 1.72 bits per heavy atom. The van der Waals surface area contributed by atoms with Gasteiger partial charge in [0.1, 0.15) is 35.9 Å². The van der Waals surface area contributed by atoms with Crippen molar-refractivity contribution in [3.63, 3.8) is 0 Å². The topological polar surface area (TPSA) is 146 Å². The van der Waals surface area contributed by atoms with Crippen LogP contribution in [0.2, 0.25) is 5.02 Å². The number of ether oxygens (including phenoxy) is 2. The van der Waals surface area contributed by atoms with E-state index in [0.29, 0.717) is 22.4 Å². The van der Waals surface area contributed by atoms with Crippen LogP contribution < -0.4 is 15.4 Å². The van der Waals surface area contributed by atoms with E-state index in [4.69, 9.17) is 31.0 Å². The quantitative estimate of drug-likeness (QED) is 0.234. The van der Waals surface area contributed by atoms with Crippen LogP contribution in [0.3, 0.4) is 0 Å². The molecule has 1 amide bonds. The number of rotatable bonds is 7. The van der Waals surface area contributed by atoms with E-state index in [1.165, 1.54) is 6.92 Å². The lowest BCUT2D eigenvalue weighted by Crippen LogP contribution is -2.65. The monoisotopic (exact) mass is 550 g/mol. The summed E-state index contributed by atoms with van der Waals surface area (Å²) in [6, 6.07) is 20.9. The molecule has 0 radical (unpaired) electrons. The number of carbonyl (C=O) groups excluding carboxylic acids is 1. The van der Waals surface area contributed by atoms with Gasteiger partial charge in [-0.2, -0.15) is 0 Å². The van der Waals surface area contributed by atoms with Gasteiger partial charge in [0.25, 0.3) is 0 Å². The van der Waals surface area contributed by atoms with Gasteiger partial charge in [0.15, 0.2) is 5.82 Å². The number of benzene rings is 3. The molecular weight excluding hydrogens is 524 g/mol. The number of nitrogens with zero attached hydrogens (tertiary/aromatic N) is 2. The zero-order valence-corrected chi connectivity index (χ0v) is 21.6. The Morgan fingerprint density at radius 1 is 1.00 bits per heavy atom. The lowest BCUT2D eigenvalue weighted by Gasteiger charge is -2.42. The van der Waals surface area contributed by atoms with E-state index in [1.54, 1.807) is 36.4 Å². The second-order valence-electron chi connectivity index (χ2n) is 9.12. The molecule has 0 spiro atoms. The van der Waals surface area contributed by atoms with Crippen molar-refractivity contribution < 1.29 is 29.6 Å². The molecule has 39 heavy (non-hydrogen) atoms. The normalized spacial score (nSPS) is 22.8. The minimum Gasteiger partial charge on any atom is -0.463 e. The van der Waals surface area contributed by atoms with Gasteiger partial charge in [-0.1, -0.05) is 23.7 Å². The van der Waals surface area contributed by atoms with E-state index in [0.717, 1.165) is 22.2 Å². The third-order valence-electron chi connectivity index (χ3n) is 6.33. The molecule has 10 nitrogen and oxygen atoms in total. The standard InChI is InChI=1S/C28H27ClN4O6/c1-15(35)30-23-25(37)24(36)22(14-34)39-28(23)38-19-12-10-18(11-13-19)31-27-20-4-2-3-5-21(20)32-26(33-27)16-6-8-17(29)9-7-16/h2-13,22-25,28,34,36-37H,14H2,1H3,(H,30,35)(H,31,32,33)/t22-,23-,24-,25+,28-/m1/s1. The fourth-order valence-corrected chi connectivity index (χ4v) is 4.48. The van der Waals surface area contributed by atoms with Gasteiger partial charge < -0.3 is 35.4 Å². The average molecular weight is 551 g/mol. The number of nitrogens with one attached hydrogen (secondary N) is 2. The molecule has 1 fully saturated rings. The number of fused-ring (bicyclic) bond motifs is 1. The molecule has 2 heterocycles. The smallest absolute Gasteiger partial charge is 0.223 e. The summed E-state index contributed by atoms with van der Waals surface area (Å²) in [7, 11) is 0. The number of halogens is 1. The third kappa shape index (κ3) is 5.95. The summed E-state index contributed by atoms with van der Waals surface area (Å²) >= 11 is 6.04. The summed E-state index contributed by atoms with van der Waals surface area (Å²) in [5.41, 5.74) is 2.32. The molecule has 202 valence electrons. The van der Waals surface area contributed by atoms with Gasteiger partial charge in [-0.15, -0.1) is 0 Å². The third-order valence-corrected chi connectivity index (χ3v) is 6.58. The van der Waals surface area contributed by atoms with Crippen molar-refractivity contribution in [2.75, 3.05) is 11.9 Å². The number of aliphatic hydroxyl groups is 3. The maximum absolute atomic E-state index is 11.7. The van der Waals surface area contributed by atoms with Gasteiger partial charge in [-0.25, -0.2) is 9.97 Å². The van der Waals surface area contributed by atoms with E-state index in [2.05, 4.69) is 10.6 Å². The van der Waals surface area contributed by atoms with Crippen molar-refractivity contribution in [1.29, 1.82) is 0 Å². The van der Waals surface area contributed by atoms with Crippen LogP contribution in [0, 0.1) is 0 Å². The van der Waals surface area contributed by atoms with Crippen LogP contribution in [0.1, 0.15) is 6.92 Å². The van der Waals surface area contributed by atoms with Gasteiger partial charge in [-0.05, 0) is 60.7 Å². The van der Waals surface area contributed by atoms with Crippen LogP contribution in [-0.2, 0) is 9.53 Å². The summed E-state index contributed by atoms with van der Waals surface area (Å²) in [4.78, 5) is 21.1. The first-order chi connectivity index (χ1) is 18.8. The molecule has 5 rings (SSSR count). The highest BCUT2D eigenvalue weighted by atomic mass is 35.5. The molecule has 1 aliphatic rings.